The van der Waals surface area contributed by atoms with Crippen molar-refractivity contribution in [3.63, 3.8) is 0 Å². The third-order valence-electron chi connectivity index (χ3n) is 6.00. The topological polar surface area (TPSA) is 22.1 Å². The number of pyridine rings is 1. The molecule has 3 aromatic rings. The number of alkyl halides is 7. The number of aromatic nitrogens is 1. The van der Waals surface area contributed by atoms with Gasteiger partial charge in [0.05, 0.1) is 29.0 Å². The molecule has 1 heterocycles. The largest absolute Gasteiger partial charge is 0.416 e. The third kappa shape index (κ3) is 5.32. The Kier molecular flexibility index (Phi) is 6.61. The molecule has 0 unspecified atom stereocenters. The molecule has 35 heavy (non-hydrogen) atoms. The number of hydrogen-bond donors (Lipinski definition) is 0. The smallest absolute Gasteiger partial charge is 0.369 e. The highest BCUT2D eigenvalue weighted by atomic mass is 19.4. The van der Waals surface area contributed by atoms with Crippen molar-refractivity contribution in [2.24, 2.45) is 0 Å². The molecule has 0 saturated carbocycles. The summed E-state index contributed by atoms with van der Waals surface area (Å²) in [4.78, 5) is 4.09. The summed E-state index contributed by atoms with van der Waals surface area (Å²) in [6.07, 6.45) is -12.6. The zero-order chi connectivity index (χ0) is 25.5. The highest BCUT2D eigenvalue weighted by molar-refractivity contribution is 5.40. The van der Waals surface area contributed by atoms with Gasteiger partial charge in [-0.25, -0.2) is 8.78 Å². The summed E-state index contributed by atoms with van der Waals surface area (Å²) in [5.74, 6) is -1.17. The van der Waals surface area contributed by atoms with E-state index in [9.17, 15) is 35.1 Å². The van der Waals surface area contributed by atoms with Gasteiger partial charge in [0.1, 0.15) is 12.0 Å². The van der Waals surface area contributed by atoms with E-state index in [1.54, 1.807) is 12.1 Å². The summed E-state index contributed by atoms with van der Waals surface area (Å²) in [7, 11) is 0. The van der Waals surface area contributed by atoms with Gasteiger partial charge in [0.25, 0.3) is 0 Å². The van der Waals surface area contributed by atoms with Crippen molar-refractivity contribution in [2.75, 3.05) is 0 Å². The second-order valence-corrected chi connectivity index (χ2v) is 8.37. The standard InChI is InChI=1S/C25H19F8NO/c1-13(15-9-16(24(28,29)30)11-17(10-15)25(31,32)33)35-21-12-20(27)23-19(3-2-8-34-23)22(21)14-4-6-18(26)7-5-14/h2-11,13,20-22H,12H2,1H3/t13-,20-,21+,22+/m1/s1. The Morgan fingerprint density at radius 1 is 0.914 bits per heavy atom. The second-order valence-electron chi connectivity index (χ2n) is 8.37. The predicted molar refractivity (Wildman–Crippen MR) is 111 cm³/mol. The molecule has 0 bridgehead atoms. The Balaban J connectivity index is 1.73. The Bertz CT molecular complexity index is 1160. The van der Waals surface area contributed by atoms with E-state index in [0.29, 0.717) is 23.3 Å². The maximum Gasteiger partial charge on any atom is 0.416 e. The van der Waals surface area contributed by atoms with Gasteiger partial charge in [-0.1, -0.05) is 18.2 Å². The molecule has 2 nitrogen and oxygen atoms in total. The first kappa shape index (κ1) is 25.1. The Morgan fingerprint density at radius 2 is 1.51 bits per heavy atom. The molecule has 0 saturated heterocycles. The number of fused-ring (bicyclic) bond motifs is 1. The van der Waals surface area contributed by atoms with Crippen LogP contribution in [0.15, 0.2) is 60.8 Å². The lowest BCUT2D eigenvalue weighted by Gasteiger charge is -2.36. The van der Waals surface area contributed by atoms with Crippen molar-refractivity contribution in [1.82, 2.24) is 4.98 Å². The minimum absolute atomic E-state index is 0.0393. The maximum absolute atomic E-state index is 15.0. The highest BCUT2D eigenvalue weighted by Crippen LogP contribution is 2.45. The van der Waals surface area contributed by atoms with Crippen LogP contribution in [0.4, 0.5) is 35.1 Å². The first-order valence-corrected chi connectivity index (χ1v) is 10.6. The number of hydrogen-bond acceptors (Lipinski definition) is 2. The predicted octanol–water partition coefficient (Wildman–Crippen LogP) is 7.95. The monoisotopic (exact) mass is 501 g/mol. The fraction of sp³-hybridized carbons (Fsp3) is 0.320. The van der Waals surface area contributed by atoms with E-state index in [2.05, 4.69) is 4.98 Å². The van der Waals surface area contributed by atoms with Gasteiger partial charge >= 0.3 is 12.4 Å². The van der Waals surface area contributed by atoms with Crippen LogP contribution in [-0.2, 0) is 17.1 Å². The molecule has 1 aliphatic carbocycles. The maximum atomic E-state index is 15.0. The zero-order valence-corrected chi connectivity index (χ0v) is 18.2. The summed E-state index contributed by atoms with van der Waals surface area (Å²) in [5.41, 5.74) is -2.12. The van der Waals surface area contributed by atoms with E-state index in [0.717, 1.165) is 0 Å². The van der Waals surface area contributed by atoms with Gasteiger partial charge in [0, 0.05) is 18.5 Å². The van der Waals surface area contributed by atoms with Gasteiger partial charge in [-0.05, 0) is 60.0 Å². The van der Waals surface area contributed by atoms with Crippen LogP contribution in [0.2, 0.25) is 0 Å². The summed E-state index contributed by atoms with van der Waals surface area (Å²) < 4.78 is 114. The van der Waals surface area contributed by atoms with Crippen molar-refractivity contribution in [3.05, 3.63) is 100 Å². The molecule has 0 fully saturated rings. The average molecular weight is 501 g/mol. The molecule has 0 radical (unpaired) electrons. The van der Waals surface area contributed by atoms with Gasteiger partial charge < -0.3 is 4.74 Å². The molecule has 0 N–H and O–H groups in total. The van der Waals surface area contributed by atoms with Gasteiger partial charge in [0.2, 0.25) is 0 Å². The van der Waals surface area contributed by atoms with Crippen LogP contribution in [0.1, 0.15) is 65.0 Å². The molecule has 1 aliphatic rings. The van der Waals surface area contributed by atoms with Crippen molar-refractivity contribution in [1.29, 1.82) is 0 Å². The summed E-state index contributed by atoms with van der Waals surface area (Å²) in [6.45, 7) is 1.31. The van der Waals surface area contributed by atoms with Crippen molar-refractivity contribution in [3.8, 4) is 0 Å². The molecule has 4 atom stereocenters. The van der Waals surface area contributed by atoms with E-state index in [1.165, 1.54) is 37.4 Å². The van der Waals surface area contributed by atoms with E-state index in [1.807, 2.05) is 0 Å². The lowest BCUT2D eigenvalue weighted by Crippen LogP contribution is -2.32. The Labute approximate surface area is 195 Å². The fourth-order valence-corrected chi connectivity index (χ4v) is 4.36. The first-order valence-electron chi connectivity index (χ1n) is 10.6. The van der Waals surface area contributed by atoms with E-state index < -0.39 is 53.6 Å². The lowest BCUT2D eigenvalue weighted by molar-refractivity contribution is -0.143. The van der Waals surface area contributed by atoms with Crippen molar-refractivity contribution >= 4 is 0 Å². The van der Waals surface area contributed by atoms with Crippen molar-refractivity contribution in [2.45, 2.75) is 50.0 Å². The molecule has 1 aromatic heterocycles. The molecular formula is C25H19F8NO. The molecule has 0 spiro atoms. The summed E-state index contributed by atoms with van der Waals surface area (Å²) >= 11 is 0. The molecule has 4 rings (SSSR count). The number of benzene rings is 2. The van der Waals surface area contributed by atoms with E-state index in [4.69, 9.17) is 4.74 Å². The highest BCUT2D eigenvalue weighted by Gasteiger charge is 2.40. The molecule has 186 valence electrons. The van der Waals surface area contributed by atoms with Gasteiger partial charge in [-0.15, -0.1) is 0 Å². The molecule has 0 amide bonds. The SMILES string of the molecule is C[C@@H](O[C@H]1C[C@@H](F)c2ncccc2[C@@H]1c1ccc(F)cc1)c1cc(C(F)(F)F)cc(C(F)(F)F)c1. The Hall–Kier alpha value is -3.01. The van der Waals surface area contributed by atoms with Crippen LogP contribution >= 0.6 is 0 Å². The Morgan fingerprint density at radius 3 is 2.09 bits per heavy atom. The van der Waals surface area contributed by atoms with Gasteiger partial charge in [0.15, 0.2) is 0 Å². The van der Waals surface area contributed by atoms with Gasteiger partial charge in [-0.3, -0.25) is 4.98 Å². The van der Waals surface area contributed by atoms with Crippen LogP contribution in [-0.4, -0.2) is 11.1 Å². The summed E-state index contributed by atoms with van der Waals surface area (Å²) in [6, 6.07) is 9.79. The fourth-order valence-electron chi connectivity index (χ4n) is 4.36. The van der Waals surface area contributed by atoms with Crippen molar-refractivity contribution < 1.29 is 39.9 Å². The van der Waals surface area contributed by atoms with Crippen LogP contribution in [0.5, 0.6) is 0 Å². The number of nitrogens with zero attached hydrogens (tertiary/aromatic N) is 1. The number of ether oxygens (including phenoxy) is 1. The zero-order valence-electron chi connectivity index (χ0n) is 18.2. The quantitative estimate of drug-likeness (QED) is 0.339. The normalized spacial score (nSPS) is 21.5. The lowest BCUT2D eigenvalue weighted by atomic mass is 9.78. The number of rotatable bonds is 4. The first-order chi connectivity index (χ1) is 16.3. The van der Waals surface area contributed by atoms with Gasteiger partial charge in [-0.2, -0.15) is 26.3 Å². The molecular weight excluding hydrogens is 482 g/mol. The van der Waals surface area contributed by atoms with E-state index in [-0.39, 0.29) is 23.7 Å². The van der Waals surface area contributed by atoms with Crippen LogP contribution in [0.25, 0.3) is 0 Å². The van der Waals surface area contributed by atoms with E-state index >= 15 is 0 Å². The minimum Gasteiger partial charge on any atom is -0.369 e. The molecule has 0 aliphatic heterocycles. The third-order valence-corrected chi connectivity index (χ3v) is 6.00. The molecule has 10 heteroatoms. The number of halogens is 8. The second kappa shape index (κ2) is 9.22. The van der Waals surface area contributed by atoms with Crippen LogP contribution in [0.3, 0.4) is 0 Å². The van der Waals surface area contributed by atoms with Crippen LogP contribution < -0.4 is 0 Å². The average Bonchev–Trinajstić information content (AvgIpc) is 2.79. The van der Waals surface area contributed by atoms with Crippen LogP contribution in [0, 0.1) is 5.82 Å². The summed E-state index contributed by atoms with van der Waals surface area (Å²) in [5, 5.41) is 0. The molecule has 2 aromatic carbocycles. The minimum atomic E-state index is -5.01.